The van der Waals surface area contributed by atoms with Crippen LogP contribution in [0.2, 0.25) is 0 Å². The van der Waals surface area contributed by atoms with E-state index in [0.29, 0.717) is 6.41 Å². The maximum absolute atomic E-state index is 12.8. The lowest BCUT2D eigenvalue weighted by Crippen LogP contribution is -1.99. The van der Waals surface area contributed by atoms with Gasteiger partial charge >= 0.3 is 0 Å². The van der Waals surface area contributed by atoms with Crippen molar-refractivity contribution in [2.45, 2.75) is 6.92 Å². The molecule has 4 heteroatoms. The lowest BCUT2D eigenvalue weighted by atomic mass is 10.2. The summed E-state index contributed by atoms with van der Waals surface area (Å²) < 4.78 is 25.3. The van der Waals surface area contributed by atoms with Crippen LogP contribution in [0.5, 0.6) is 0 Å². The zero-order chi connectivity index (χ0) is 9.14. The van der Waals surface area contributed by atoms with Gasteiger partial charge in [-0.2, -0.15) is 0 Å². The van der Waals surface area contributed by atoms with Gasteiger partial charge in [-0.3, -0.25) is 4.79 Å². The van der Waals surface area contributed by atoms with Crippen LogP contribution in [-0.4, -0.2) is 6.41 Å². The molecule has 0 atom stereocenters. The predicted octanol–water partition coefficient (Wildman–Crippen LogP) is 1.84. The van der Waals surface area contributed by atoms with Gasteiger partial charge in [-0.15, -0.1) is 0 Å². The summed E-state index contributed by atoms with van der Waals surface area (Å²) in [6, 6.07) is 1.83. The summed E-state index contributed by atoms with van der Waals surface area (Å²) in [7, 11) is 0. The van der Waals surface area contributed by atoms with Crippen molar-refractivity contribution in [2.75, 3.05) is 5.32 Å². The number of rotatable bonds is 2. The van der Waals surface area contributed by atoms with Gasteiger partial charge < -0.3 is 5.32 Å². The van der Waals surface area contributed by atoms with E-state index in [4.69, 9.17) is 0 Å². The van der Waals surface area contributed by atoms with Crippen LogP contribution in [0.3, 0.4) is 0 Å². The van der Waals surface area contributed by atoms with E-state index < -0.39 is 11.6 Å². The Balaban J connectivity index is 3.17. The molecule has 0 unspecified atom stereocenters. The van der Waals surface area contributed by atoms with Crippen LogP contribution >= 0.6 is 0 Å². The van der Waals surface area contributed by atoms with Gasteiger partial charge in [0.25, 0.3) is 0 Å². The number of carbonyl (C=O) groups is 1. The Morgan fingerprint density at radius 3 is 2.67 bits per heavy atom. The molecule has 0 heterocycles. The zero-order valence-corrected chi connectivity index (χ0v) is 6.40. The highest BCUT2D eigenvalue weighted by Gasteiger charge is 2.05. The standard InChI is InChI=1S/C8H7F2NO/c1-5-7(10)2-6(9)3-8(5)11-4-12/h2-4H,1H3,(H,11,12). The number of hydrogen-bond donors (Lipinski definition) is 1. The Kier molecular flexibility index (Phi) is 2.38. The first-order valence-electron chi connectivity index (χ1n) is 3.31. The SMILES string of the molecule is Cc1c(F)cc(F)cc1NC=O. The van der Waals surface area contributed by atoms with Crippen molar-refractivity contribution >= 4 is 12.1 Å². The number of nitrogens with one attached hydrogen (secondary N) is 1. The van der Waals surface area contributed by atoms with E-state index in [1.807, 2.05) is 0 Å². The average Bonchev–Trinajstić information content (AvgIpc) is 2.00. The van der Waals surface area contributed by atoms with Crippen molar-refractivity contribution in [3.63, 3.8) is 0 Å². The molecule has 64 valence electrons. The first-order chi connectivity index (χ1) is 5.65. The fraction of sp³-hybridized carbons (Fsp3) is 0.125. The summed E-state index contributed by atoms with van der Waals surface area (Å²) in [5.74, 6) is -1.37. The van der Waals surface area contributed by atoms with Gasteiger partial charge in [-0.1, -0.05) is 0 Å². The third-order valence-corrected chi connectivity index (χ3v) is 1.52. The van der Waals surface area contributed by atoms with Crippen LogP contribution in [0.1, 0.15) is 5.56 Å². The maximum Gasteiger partial charge on any atom is 0.211 e. The first kappa shape index (κ1) is 8.64. The van der Waals surface area contributed by atoms with Gasteiger partial charge in [0, 0.05) is 17.3 Å². The highest BCUT2D eigenvalue weighted by Crippen LogP contribution is 2.18. The van der Waals surface area contributed by atoms with Crippen molar-refractivity contribution in [2.24, 2.45) is 0 Å². The number of amides is 1. The summed E-state index contributed by atoms with van der Waals surface area (Å²) in [5.41, 5.74) is 0.381. The van der Waals surface area contributed by atoms with Crippen LogP contribution in [0, 0.1) is 18.6 Å². The lowest BCUT2D eigenvalue weighted by molar-refractivity contribution is -0.105. The van der Waals surface area contributed by atoms with E-state index in [2.05, 4.69) is 5.32 Å². The van der Waals surface area contributed by atoms with E-state index in [9.17, 15) is 13.6 Å². The molecule has 0 saturated carbocycles. The van der Waals surface area contributed by atoms with E-state index in [1.165, 1.54) is 6.92 Å². The Morgan fingerprint density at radius 2 is 2.08 bits per heavy atom. The number of hydrogen-bond acceptors (Lipinski definition) is 1. The summed E-state index contributed by atoms with van der Waals surface area (Å²) in [6.07, 6.45) is 0.376. The normalized spacial score (nSPS) is 9.58. The smallest absolute Gasteiger partial charge is 0.211 e. The molecule has 12 heavy (non-hydrogen) atoms. The summed E-state index contributed by atoms with van der Waals surface area (Å²) in [4.78, 5) is 9.99. The van der Waals surface area contributed by atoms with Gasteiger partial charge in [-0.05, 0) is 13.0 Å². The third kappa shape index (κ3) is 1.58. The maximum atomic E-state index is 12.8. The Hall–Kier alpha value is -1.45. The number of anilines is 1. The molecule has 0 radical (unpaired) electrons. The molecule has 1 N–H and O–H groups in total. The molecule has 1 aromatic carbocycles. The fourth-order valence-corrected chi connectivity index (χ4v) is 0.859. The molecule has 0 aliphatic rings. The van der Waals surface area contributed by atoms with E-state index in [-0.39, 0.29) is 11.3 Å². The minimum atomic E-state index is -0.706. The highest BCUT2D eigenvalue weighted by molar-refractivity contribution is 5.73. The number of carbonyl (C=O) groups excluding carboxylic acids is 1. The Bertz CT molecular complexity index is 312. The number of halogens is 2. The molecule has 0 fully saturated rings. The fourth-order valence-electron chi connectivity index (χ4n) is 0.859. The second-order valence-electron chi connectivity index (χ2n) is 2.32. The van der Waals surface area contributed by atoms with Crippen molar-refractivity contribution in [3.05, 3.63) is 29.3 Å². The zero-order valence-electron chi connectivity index (χ0n) is 6.40. The largest absolute Gasteiger partial charge is 0.328 e. The van der Waals surface area contributed by atoms with Crippen LogP contribution in [0.4, 0.5) is 14.5 Å². The monoisotopic (exact) mass is 171 g/mol. The van der Waals surface area contributed by atoms with Gasteiger partial charge in [0.15, 0.2) is 0 Å². The van der Waals surface area contributed by atoms with Gasteiger partial charge in [0.2, 0.25) is 6.41 Å². The first-order valence-corrected chi connectivity index (χ1v) is 3.31. The van der Waals surface area contributed by atoms with Gasteiger partial charge in [0.1, 0.15) is 11.6 Å². The molecule has 0 saturated heterocycles. The van der Waals surface area contributed by atoms with Crippen LogP contribution < -0.4 is 5.32 Å². The average molecular weight is 171 g/mol. The van der Waals surface area contributed by atoms with Crippen LogP contribution in [0.15, 0.2) is 12.1 Å². The molecule has 1 aromatic rings. The Morgan fingerprint density at radius 1 is 1.42 bits per heavy atom. The van der Waals surface area contributed by atoms with Crippen LogP contribution in [-0.2, 0) is 4.79 Å². The van der Waals surface area contributed by atoms with E-state index in [1.54, 1.807) is 0 Å². The second-order valence-corrected chi connectivity index (χ2v) is 2.32. The topological polar surface area (TPSA) is 29.1 Å². The Labute approximate surface area is 68.2 Å². The molecule has 0 bridgehead atoms. The van der Waals surface area contributed by atoms with Crippen molar-refractivity contribution in [3.8, 4) is 0 Å². The minimum Gasteiger partial charge on any atom is -0.328 e. The quantitative estimate of drug-likeness (QED) is 0.676. The molecule has 0 aromatic heterocycles. The molecule has 1 amide bonds. The summed E-state index contributed by atoms with van der Waals surface area (Å²) in [6.45, 7) is 1.46. The summed E-state index contributed by atoms with van der Waals surface area (Å²) >= 11 is 0. The van der Waals surface area contributed by atoms with Crippen LogP contribution in [0.25, 0.3) is 0 Å². The molecule has 0 aliphatic carbocycles. The van der Waals surface area contributed by atoms with Crippen molar-refractivity contribution < 1.29 is 13.6 Å². The lowest BCUT2D eigenvalue weighted by Gasteiger charge is -2.04. The highest BCUT2D eigenvalue weighted by atomic mass is 19.1. The van der Waals surface area contributed by atoms with Crippen molar-refractivity contribution in [1.29, 1.82) is 0 Å². The van der Waals surface area contributed by atoms with E-state index in [0.717, 1.165) is 12.1 Å². The molecule has 0 spiro atoms. The number of benzene rings is 1. The summed E-state index contributed by atoms with van der Waals surface area (Å²) in [5, 5.41) is 2.20. The van der Waals surface area contributed by atoms with Crippen molar-refractivity contribution in [1.82, 2.24) is 0 Å². The molecule has 0 aliphatic heterocycles. The van der Waals surface area contributed by atoms with Gasteiger partial charge in [-0.25, -0.2) is 8.78 Å². The second kappa shape index (κ2) is 3.30. The van der Waals surface area contributed by atoms with E-state index >= 15 is 0 Å². The molecular weight excluding hydrogens is 164 g/mol. The third-order valence-electron chi connectivity index (χ3n) is 1.52. The molecule has 1 rings (SSSR count). The van der Waals surface area contributed by atoms with Gasteiger partial charge in [0.05, 0.1) is 0 Å². The predicted molar refractivity (Wildman–Crippen MR) is 40.8 cm³/mol. The minimum absolute atomic E-state index is 0.155. The molecule has 2 nitrogen and oxygen atoms in total. The molecular formula is C8H7F2NO.